The van der Waals surface area contributed by atoms with E-state index in [0.29, 0.717) is 5.56 Å². The average Bonchev–Trinajstić information content (AvgIpc) is 2.85. The lowest BCUT2D eigenvalue weighted by atomic mass is 10.1. The molecule has 9 nitrogen and oxygen atoms in total. The van der Waals surface area contributed by atoms with Crippen LogP contribution >= 0.6 is 0 Å². The highest BCUT2D eigenvalue weighted by atomic mass is 16.5. The lowest BCUT2D eigenvalue weighted by Crippen LogP contribution is -2.39. The molecular weight excluding hydrogens is 266 g/mol. The molecule has 9 heteroatoms. The van der Waals surface area contributed by atoms with E-state index >= 15 is 0 Å². The monoisotopic (exact) mass is 279 g/mol. The Hall–Kier alpha value is -2.35. The molecule has 2 rings (SSSR count). The summed E-state index contributed by atoms with van der Waals surface area (Å²) in [6.45, 7) is 1.08. The first kappa shape index (κ1) is 14.1. The van der Waals surface area contributed by atoms with Crippen LogP contribution in [0, 0.1) is 6.92 Å². The summed E-state index contributed by atoms with van der Waals surface area (Å²) in [5.74, 6) is 0. The van der Waals surface area contributed by atoms with E-state index in [4.69, 9.17) is 10.3 Å². The largest absolute Gasteiger partial charge is 0.393 e. The first-order valence-corrected chi connectivity index (χ1v) is 5.82. The molecule has 106 valence electrons. The minimum Gasteiger partial charge on any atom is -0.393 e. The van der Waals surface area contributed by atoms with Gasteiger partial charge in [0, 0.05) is 16.7 Å². The average molecular weight is 279 g/mol. The molecule has 0 fully saturated rings. The van der Waals surface area contributed by atoms with Crippen molar-refractivity contribution in [2.24, 2.45) is 5.11 Å². The zero-order chi connectivity index (χ0) is 14.8. The fourth-order valence-corrected chi connectivity index (χ4v) is 1.88. The number of azide groups is 1. The fourth-order valence-electron chi connectivity index (χ4n) is 1.88. The second-order valence-corrected chi connectivity index (χ2v) is 4.46. The molecular formula is C11H13N5O4. The number of aromatic nitrogens is 2. The van der Waals surface area contributed by atoms with Gasteiger partial charge in [0.15, 0.2) is 6.23 Å². The first-order valence-electron chi connectivity index (χ1n) is 5.82. The Labute approximate surface area is 112 Å². The van der Waals surface area contributed by atoms with E-state index in [2.05, 4.69) is 15.0 Å². The number of nitrogens with zero attached hydrogens (tertiary/aromatic N) is 4. The van der Waals surface area contributed by atoms with Crippen LogP contribution < -0.4 is 11.2 Å². The Bertz CT molecular complexity index is 700. The van der Waals surface area contributed by atoms with Gasteiger partial charge in [-0.05, 0) is 24.6 Å². The highest BCUT2D eigenvalue weighted by Crippen LogP contribution is 2.29. The van der Waals surface area contributed by atoms with Crippen molar-refractivity contribution in [2.75, 3.05) is 13.2 Å². The number of aliphatic hydroxyl groups is 1. The number of H-pyrrole nitrogens is 1. The summed E-state index contributed by atoms with van der Waals surface area (Å²) in [5.41, 5.74) is 6.46. The molecule has 2 N–H and O–H groups in total. The number of ether oxygens (including phenoxy) is 1. The highest BCUT2D eigenvalue weighted by molar-refractivity contribution is 5.13. The summed E-state index contributed by atoms with van der Waals surface area (Å²) in [5, 5.41) is 12.7. The molecule has 0 aromatic carbocycles. The smallest absolute Gasteiger partial charge is 0.330 e. The molecule has 1 aliphatic heterocycles. The summed E-state index contributed by atoms with van der Waals surface area (Å²) < 4.78 is 6.77. The van der Waals surface area contributed by atoms with E-state index in [0.717, 1.165) is 0 Å². The predicted molar refractivity (Wildman–Crippen MR) is 69.2 cm³/mol. The lowest BCUT2D eigenvalue weighted by Gasteiger charge is -2.25. The Kier molecular flexibility index (Phi) is 3.75. The molecule has 2 heterocycles. The molecule has 1 unspecified atom stereocenters. The SMILES string of the molecule is Cc1cn([C@H]2C=CC(CO)(CN=[N+]=[N-])O2)c(=O)[nH]c1=O. The van der Waals surface area contributed by atoms with E-state index in [1.165, 1.54) is 10.8 Å². The molecule has 0 radical (unpaired) electrons. The van der Waals surface area contributed by atoms with Gasteiger partial charge in [-0.15, -0.1) is 0 Å². The molecule has 20 heavy (non-hydrogen) atoms. The van der Waals surface area contributed by atoms with Crippen LogP contribution in [0.4, 0.5) is 0 Å². The number of aryl methyl sites for hydroxylation is 1. The molecule has 1 aliphatic rings. The van der Waals surface area contributed by atoms with Gasteiger partial charge in [0.25, 0.3) is 5.56 Å². The quantitative estimate of drug-likeness (QED) is 0.346. The first-order chi connectivity index (χ1) is 9.51. The predicted octanol–water partition coefficient (Wildman–Crippen LogP) is -0.0286. The normalized spacial score (nSPS) is 24.6. The Morgan fingerprint density at radius 1 is 1.65 bits per heavy atom. The van der Waals surface area contributed by atoms with Crippen LogP contribution in [0.25, 0.3) is 10.4 Å². The standard InChI is InChI=1S/C11H13N5O4/c1-7-4-16(10(19)14-9(7)18)8-2-3-11(6-17,20-8)5-13-15-12/h2-4,8,17H,5-6H2,1H3,(H,14,18,19)/t8-,11?/m1/s1. The van der Waals surface area contributed by atoms with Crippen LogP contribution in [0.3, 0.4) is 0 Å². The Balaban J connectivity index is 2.32. The molecule has 0 spiro atoms. The van der Waals surface area contributed by atoms with Crippen molar-refractivity contribution >= 4 is 0 Å². The maximum Gasteiger partial charge on any atom is 0.330 e. The number of rotatable bonds is 4. The third-order valence-corrected chi connectivity index (χ3v) is 3.01. The van der Waals surface area contributed by atoms with Crippen LogP contribution in [0.5, 0.6) is 0 Å². The van der Waals surface area contributed by atoms with Crippen LogP contribution in [-0.4, -0.2) is 33.4 Å². The van der Waals surface area contributed by atoms with Gasteiger partial charge >= 0.3 is 5.69 Å². The van der Waals surface area contributed by atoms with Crippen LogP contribution in [-0.2, 0) is 4.74 Å². The van der Waals surface area contributed by atoms with Crippen molar-refractivity contribution in [3.63, 3.8) is 0 Å². The van der Waals surface area contributed by atoms with Crippen molar-refractivity contribution in [1.29, 1.82) is 0 Å². The molecule has 0 saturated heterocycles. The van der Waals surface area contributed by atoms with Crippen molar-refractivity contribution < 1.29 is 9.84 Å². The van der Waals surface area contributed by atoms with E-state index in [9.17, 15) is 14.7 Å². The molecule has 0 bridgehead atoms. The van der Waals surface area contributed by atoms with Crippen molar-refractivity contribution in [1.82, 2.24) is 9.55 Å². The molecule has 0 saturated carbocycles. The molecule has 2 atom stereocenters. The van der Waals surface area contributed by atoms with Crippen molar-refractivity contribution in [3.05, 3.63) is 55.2 Å². The van der Waals surface area contributed by atoms with Gasteiger partial charge < -0.3 is 9.84 Å². The second kappa shape index (κ2) is 5.33. The zero-order valence-electron chi connectivity index (χ0n) is 10.7. The zero-order valence-corrected chi connectivity index (χ0v) is 10.7. The summed E-state index contributed by atoms with van der Waals surface area (Å²) in [4.78, 5) is 27.8. The summed E-state index contributed by atoms with van der Waals surface area (Å²) in [6.07, 6.45) is 3.69. The van der Waals surface area contributed by atoms with Crippen molar-refractivity contribution in [3.8, 4) is 0 Å². The number of aliphatic hydroxyl groups excluding tert-OH is 1. The van der Waals surface area contributed by atoms with E-state index in [1.807, 2.05) is 0 Å². The molecule has 0 amide bonds. The minimum absolute atomic E-state index is 0.0932. The third-order valence-electron chi connectivity index (χ3n) is 3.01. The number of hydrogen-bond acceptors (Lipinski definition) is 5. The molecule has 1 aromatic rings. The summed E-state index contributed by atoms with van der Waals surface area (Å²) in [6, 6.07) is 0. The van der Waals surface area contributed by atoms with Gasteiger partial charge in [0.2, 0.25) is 0 Å². The second-order valence-electron chi connectivity index (χ2n) is 4.46. The molecule has 1 aromatic heterocycles. The summed E-state index contributed by atoms with van der Waals surface area (Å²) >= 11 is 0. The summed E-state index contributed by atoms with van der Waals surface area (Å²) in [7, 11) is 0. The van der Waals surface area contributed by atoms with Gasteiger partial charge in [-0.1, -0.05) is 5.11 Å². The van der Waals surface area contributed by atoms with Gasteiger partial charge in [0.05, 0.1) is 13.2 Å². The van der Waals surface area contributed by atoms with Gasteiger partial charge in [-0.25, -0.2) is 4.79 Å². The van der Waals surface area contributed by atoms with Crippen LogP contribution in [0.15, 0.2) is 33.1 Å². The van der Waals surface area contributed by atoms with Crippen LogP contribution in [0.2, 0.25) is 0 Å². The lowest BCUT2D eigenvalue weighted by molar-refractivity contribution is -0.0782. The highest BCUT2D eigenvalue weighted by Gasteiger charge is 2.35. The number of aromatic amines is 1. The topological polar surface area (TPSA) is 133 Å². The van der Waals surface area contributed by atoms with Crippen LogP contribution in [0.1, 0.15) is 11.8 Å². The van der Waals surface area contributed by atoms with Gasteiger partial charge in [0.1, 0.15) is 5.60 Å². The van der Waals surface area contributed by atoms with Gasteiger partial charge in [-0.2, -0.15) is 0 Å². The fraction of sp³-hybridized carbons (Fsp3) is 0.455. The van der Waals surface area contributed by atoms with Crippen molar-refractivity contribution in [2.45, 2.75) is 18.8 Å². The Morgan fingerprint density at radius 3 is 3.05 bits per heavy atom. The third kappa shape index (κ3) is 2.50. The number of hydrogen-bond donors (Lipinski definition) is 2. The van der Waals surface area contributed by atoms with Gasteiger partial charge in [-0.3, -0.25) is 14.3 Å². The molecule has 0 aliphatic carbocycles. The maximum atomic E-state index is 11.7. The Morgan fingerprint density at radius 2 is 2.40 bits per heavy atom. The minimum atomic E-state index is -1.15. The van der Waals surface area contributed by atoms with E-state index in [1.54, 1.807) is 19.1 Å². The van der Waals surface area contributed by atoms with E-state index in [-0.39, 0.29) is 6.54 Å². The van der Waals surface area contributed by atoms with E-state index < -0.39 is 29.7 Å². The maximum absolute atomic E-state index is 11.7. The number of nitrogens with one attached hydrogen (secondary N) is 1.